The normalized spacial score (nSPS) is 11.5. The number of ether oxygens (including phenoxy) is 1. The fraction of sp³-hybridized carbons (Fsp3) is 0.417. The average Bonchev–Trinajstić information content (AvgIpc) is 2.29. The van der Waals surface area contributed by atoms with E-state index >= 15 is 0 Å². The third kappa shape index (κ3) is 2.66. The Kier molecular flexibility index (Phi) is 4.28. The molecule has 0 spiro atoms. The first-order chi connectivity index (χ1) is 7.95. The van der Waals surface area contributed by atoms with Crippen molar-refractivity contribution in [1.82, 2.24) is 0 Å². The van der Waals surface area contributed by atoms with E-state index in [1.165, 1.54) is 13.2 Å². The van der Waals surface area contributed by atoms with Gasteiger partial charge in [-0.05, 0) is 19.9 Å². The fourth-order valence-corrected chi connectivity index (χ4v) is 2.77. The third-order valence-corrected chi connectivity index (χ3v) is 4.67. The summed E-state index contributed by atoms with van der Waals surface area (Å²) in [5, 5.41) is -0.525. The Morgan fingerprint density at radius 3 is 2.47 bits per heavy atom. The van der Waals surface area contributed by atoms with Gasteiger partial charge in [0.2, 0.25) is 0 Å². The Hall–Kier alpha value is -1.36. The van der Waals surface area contributed by atoms with Crippen molar-refractivity contribution in [2.75, 3.05) is 7.11 Å². The van der Waals surface area contributed by atoms with Crippen LogP contribution in [0.5, 0.6) is 5.75 Å². The molecule has 1 aromatic rings. The van der Waals surface area contributed by atoms with Gasteiger partial charge in [-0.15, -0.1) is 0 Å². The summed E-state index contributed by atoms with van der Waals surface area (Å²) < 4.78 is 29.3. The van der Waals surface area contributed by atoms with Crippen LogP contribution in [0.15, 0.2) is 23.1 Å². The van der Waals surface area contributed by atoms with Gasteiger partial charge in [-0.25, -0.2) is 8.42 Å². The highest BCUT2D eigenvalue weighted by atomic mass is 32.2. The molecule has 0 unspecified atom stereocenters. The number of para-hydroxylation sites is 1. The van der Waals surface area contributed by atoms with E-state index in [0.717, 1.165) is 6.29 Å². The van der Waals surface area contributed by atoms with E-state index in [-0.39, 0.29) is 17.1 Å². The first-order valence-electron chi connectivity index (χ1n) is 5.28. The van der Waals surface area contributed by atoms with Gasteiger partial charge in [0, 0.05) is 12.0 Å². The summed E-state index contributed by atoms with van der Waals surface area (Å²) in [5.41, 5.74) is 0.587. The second-order valence-electron chi connectivity index (χ2n) is 3.91. The van der Waals surface area contributed by atoms with Crippen LogP contribution < -0.4 is 4.74 Å². The summed E-state index contributed by atoms with van der Waals surface area (Å²) in [4.78, 5) is 10.7. The topological polar surface area (TPSA) is 60.4 Å². The molecule has 0 fully saturated rings. The number of benzene rings is 1. The number of rotatable bonds is 5. The molecule has 0 aliphatic carbocycles. The molecule has 0 saturated heterocycles. The third-order valence-electron chi connectivity index (χ3n) is 2.49. The number of aldehydes is 1. The van der Waals surface area contributed by atoms with Gasteiger partial charge in [0.15, 0.2) is 9.84 Å². The first-order valence-corrected chi connectivity index (χ1v) is 6.83. The molecule has 0 aliphatic heterocycles. The Bertz CT molecular complexity index is 503. The van der Waals surface area contributed by atoms with Crippen molar-refractivity contribution >= 4 is 16.1 Å². The van der Waals surface area contributed by atoms with Crippen LogP contribution >= 0.6 is 0 Å². The smallest absolute Gasteiger partial charge is 0.184 e. The number of carbonyl (C=O) groups is 1. The molecule has 0 N–H and O–H groups in total. The molecule has 0 heterocycles. The maximum Gasteiger partial charge on any atom is 0.184 e. The molecule has 94 valence electrons. The minimum absolute atomic E-state index is 0.143. The van der Waals surface area contributed by atoms with Crippen molar-refractivity contribution < 1.29 is 17.9 Å². The minimum atomic E-state index is -3.40. The van der Waals surface area contributed by atoms with Gasteiger partial charge in [0.25, 0.3) is 0 Å². The number of methoxy groups -OCH3 is 1. The molecule has 1 rings (SSSR count). The second-order valence-corrected chi connectivity index (χ2v) is 6.39. The summed E-state index contributed by atoms with van der Waals surface area (Å²) >= 11 is 0. The van der Waals surface area contributed by atoms with Crippen LogP contribution in [0, 0.1) is 0 Å². The second kappa shape index (κ2) is 5.31. The molecule has 0 amide bonds. The summed E-state index contributed by atoms with van der Waals surface area (Å²) in [5.74, 6) is 0.272. The first kappa shape index (κ1) is 13.7. The largest absolute Gasteiger partial charge is 0.495 e. The lowest BCUT2D eigenvalue weighted by molar-refractivity contribution is -0.107. The van der Waals surface area contributed by atoms with Gasteiger partial charge in [-0.2, -0.15) is 0 Å². The zero-order chi connectivity index (χ0) is 13.1. The van der Waals surface area contributed by atoms with Crippen molar-refractivity contribution in [3.05, 3.63) is 23.8 Å². The van der Waals surface area contributed by atoms with Crippen molar-refractivity contribution in [1.29, 1.82) is 0 Å². The van der Waals surface area contributed by atoms with Crippen molar-refractivity contribution in [3.8, 4) is 5.75 Å². The minimum Gasteiger partial charge on any atom is -0.495 e. The van der Waals surface area contributed by atoms with E-state index < -0.39 is 15.1 Å². The van der Waals surface area contributed by atoms with Crippen LogP contribution in [0.1, 0.15) is 19.4 Å². The SMILES string of the molecule is COc1c(CC=O)cccc1S(=O)(=O)C(C)C. The summed E-state index contributed by atoms with van der Waals surface area (Å²) in [6.07, 6.45) is 0.869. The molecule has 0 atom stereocenters. The van der Waals surface area contributed by atoms with Gasteiger partial charge >= 0.3 is 0 Å². The van der Waals surface area contributed by atoms with Crippen LogP contribution in [0.3, 0.4) is 0 Å². The lowest BCUT2D eigenvalue weighted by atomic mass is 10.1. The van der Waals surface area contributed by atoms with E-state index in [2.05, 4.69) is 0 Å². The molecule has 0 radical (unpaired) electrons. The van der Waals surface area contributed by atoms with Crippen LogP contribution in [0.4, 0.5) is 0 Å². The lowest BCUT2D eigenvalue weighted by Gasteiger charge is -2.14. The molecule has 0 aliphatic rings. The maximum atomic E-state index is 12.1. The number of hydrogen-bond acceptors (Lipinski definition) is 4. The van der Waals surface area contributed by atoms with E-state index in [9.17, 15) is 13.2 Å². The molecular formula is C12H16O4S. The molecule has 1 aromatic carbocycles. The van der Waals surface area contributed by atoms with E-state index in [4.69, 9.17) is 4.74 Å². The Morgan fingerprint density at radius 2 is 2.00 bits per heavy atom. The van der Waals surface area contributed by atoms with E-state index in [1.54, 1.807) is 26.0 Å². The highest BCUT2D eigenvalue weighted by Gasteiger charge is 2.24. The standard InChI is InChI=1S/C12H16O4S/c1-9(2)17(14,15)11-6-4-5-10(7-8-13)12(11)16-3/h4-6,8-9H,7H2,1-3H3. The molecule has 0 aromatic heterocycles. The number of hydrogen-bond donors (Lipinski definition) is 0. The van der Waals surface area contributed by atoms with Crippen LogP contribution in [-0.4, -0.2) is 27.1 Å². The monoisotopic (exact) mass is 256 g/mol. The van der Waals surface area contributed by atoms with E-state index in [1.807, 2.05) is 0 Å². The highest BCUT2D eigenvalue weighted by molar-refractivity contribution is 7.92. The zero-order valence-electron chi connectivity index (χ0n) is 10.1. The zero-order valence-corrected chi connectivity index (χ0v) is 11.0. The van der Waals surface area contributed by atoms with Gasteiger partial charge in [-0.3, -0.25) is 0 Å². The van der Waals surface area contributed by atoms with E-state index in [0.29, 0.717) is 5.56 Å². The van der Waals surface area contributed by atoms with Gasteiger partial charge in [0.1, 0.15) is 16.9 Å². The molecule has 4 nitrogen and oxygen atoms in total. The van der Waals surface area contributed by atoms with Gasteiger partial charge in [0.05, 0.1) is 12.4 Å². The molecular weight excluding hydrogens is 240 g/mol. The predicted octanol–water partition coefficient (Wildman–Crippen LogP) is 1.62. The van der Waals surface area contributed by atoms with Crippen LogP contribution in [0.2, 0.25) is 0 Å². The average molecular weight is 256 g/mol. The quantitative estimate of drug-likeness (QED) is 0.751. The number of sulfone groups is 1. The van der Waals surface area contributed by atoms with Crippen molar-refractivity contribution in [2.45, 2.75) is 30.4 Å². The fourth-order valence-electron chi connectivity index (χ4n) is 1.52. The summed E-state index contributed by atoms with van der Waals surface area (Å²) in [6.45, 7) is 3.22. The number of carbonyl (C=O) groups excluding carboxylic acids is 1. The van der Waals surface area contributed by atoms with Gasteiger partial charge < -0.3 is 9.53 Å². The predicted molar refractivity (Wildman–Crippen MR) is 65.1 cm³/mol. The van der Waals surface area contributed by atoms with Crippen molar-refractivity contribution in [3.63, 3.8) is 0 Å². The van der Waals surface area contributed by atoms with Crippen molar-refractivity contribution in [2.24, 2.45) is 0 Å². The molecule has 17 heavy (non-hydrogen) atoms. The Balaban J connectivity index is 3.44. The maximum absolute atomic E-state index is 12.1. The summed E-state index contributed by atoms with van der Waals surface area (Å²) in [7, 11) is -2.00. The summed E-state index contributed by atoms with van der Waals surface area (Å²) in [6, 6.07) is 4.81. The van der Waals surface area contributed by atoms with Gasteiger partial charge in [-0.1, -0.05) is 12.1 Å². The van der Waals surface area contributed by atoms with Crippen LogP contribution in [0.25, 0.3) is 0 Å². The Labute approximate surface area is 102 Å². The highest BCUT2D eigenvalue weighted by Crippen LogP contribution is 2.30. The van der Waals surface area contributed by atoms with Crippen LogP contribution in [-0.2, 0) is 21.1 Å². The molecule has 0 bridgehead atoms. The lowest BCUT2D eigenvalue weighted by Crippen LogP contribution is -2.15. The Morgan fingerprint density at radius 1 is 1.35 bits per heavy atom. The molecule has 0 saturated carbocycles. The molecule has 5 heteroatoms.